The second-order valence-electron chi connectivity index (χ2n) is 6.88. The second kappa shape index (κ2) is 10.4. The fourth-order valence-corrected chi connectivity index (χ4v) is 4.14. The Kier molecular flexibility index (Phi) is 7.64. The summed E-state index contributed by atoms with van der Waals surface area (Å²) < 4.78 is 4.92. The van der Waals surface area contributed by atoms with Gasteiger partial charge in [-0.3, -0.25) is 9.59 Å². The zero-order valence-corrected chi connectivity index (χ0v) is 18.7. The summed E-state index contributed by atoms with van der Waals surface area (Å²) in [7, 11) is 0. The van der Waals surface area contributed by atoms with Gasteiger partial charge in [0.25, 0.3) is 0 Å². The van der Waals surface area contributed by atoms with Crippen molar-refractivity contribution in [3.8, 4) is 10.6 Å². The molecule has 9 heteroatoms. The van der Waals surface area contributed by atoms with Gasteiger partial charge in [-0.15, -0.1) is 23.1 Å². The van der Waals surface area contributed by atoms with Crippen molar-refractivity contribution in [1.29, 1.82) is 0 Å². The van der Waals surface area contributed by atoms with Crippen LogP contribution in [0.2, 0.25) is 0 Å². The third kappa shape index (κ3) is 6.43. The number of nitrogens with zero attached hydrogens (tertiary/aromatic N) is 2. The summed E-state index contributed by atoms with van der Waals surface area (Å²) in [6, 6.07) is 9.92. The van der Waals surface area contributed by atoms with Crippen molar-refractivity contribution in [3.63, 3.8) is 0 Å². The molecular weight excluding hydrogens is 420 g/mol. The van der Waals surface area contributed by atoms with Crippen LogP contribution < -0.4 is 10.6 Å². The lowest BCUT2D eigenvalue weighted by atomic mass is 10.2. The average molecular weight is 445 g/mol. The van der Waals surface area contributed by atoms with Crippen molar-refractivity contribution in [2.24, 2.45) is 0 Å². The minimum atomic E-state index is -0.386. The summed E-state index contributed by atoms with van der Waals surface area (Å²) in [6.07, 6.45) is 0.667. The van der Waals surface area contributed by atoms with Crippen molar-refractivity contribution >= 4 is 40.7 Å². The maximum atomic E-state index is 12.1. The Morgan fingerprint density at radius 2 is 2.00 bits per heavy atom. The first-order valence-corrected chi connectivity index (χ1v) is 11.5. The molecule has 1 aromatic carbocycles. The highest BCUT2D eigenvalue weighted by atomic mass is 32.2. The van der Waals surface area contributed by atoms with Crippen molar-refractivity contribution in [1.82, 2.24) is 15.5 Å². The second-order valence-corrected chi connectivity index (χ2v) is 9.06. The number of thioether (sulfide) groups is 1. The number of thiazole rings is 1. The average Bonchev–Trinajstić information content (AvgIpc) is 3.35. The number of nitrogens with one attached hydrogen (secondary N) is 2. The highest BCUT2D eigenvalue weighted by Crippen LogP contribution is 2.24. The van der Waals surface area contributed by atoms with E-state index in [0.29, 0.717) is 24.5 Å². The number of hydrogen-bond donors (Lipinski definition) is 2. The van der Waals surface area contributed by atoms with Crippen LogP contribution in [0.4, 0.5) is 5.82 Å². The van der Waals surface area contributed by atoms with Crippen molar-refractivity contribution in [2.75, 3.05) is 17.6 Å². The SMILES string of the molecule is Cc1ccc(-c2nc(CCNC(=O)CSC(C)C(=O)Nc3cc(C)on3)cs2)cc1. The number of aromatic nitrogens is 2. The van der Waals surface area contributed by atoms with Crippen LogP contribution in [-0.4, -0.2) is 39.5 Å². The molecule has 30 heavy (non-hydrogen) atoms. The molecule has 0 saturated heterocycles. The van der Waals surface area contributed by atoms with Gasteiger partial charge in [0.15, 0.2) is 5.82 Å². The van der Waals surface area contributed by atoms with Crippen molar-refractivity contribution < 1.29 is 14.1 Å². The molecular formula is C21H24N4O3S2. The first kappa shape index (κ1) is 22.0. The van der Waals surface area contributed by atoms with Gasteiger partial charge in [-0.2, -0.15) is 0 Å². The van der Waals surface area contributed by atoms with E-state index in [2.05, 4.69) is 52.0 Å². The van der Waals surface area contributed by atoms with Crippen LogP contribution in [0.5, 0.6) is 0 Å². The summed E-state index contributed by atoms with van der Waals surface area (Å²) in [5.41, 5.74) is 3.28. The standard InChI is InChI=1S/C21H24N4O3S2/c1-13-4-6-16(7-5-13)21-23-17(11-30-21)8-9-22-19(26)12-29-15(3)20(27)24-18-10-14(2)28-25-18/h4-7,10-11,15H,8-9,12H2,1-3H3,(H,22,26)(H,24,25,27). The maximum absolute atomic E-state index is 12.1. The molecule has 2 aromatic heterocycles. The van der Waals surface area contributed by atoms with Crippen LogP contribution in [0.1, 0.15) is 23.9 Å². The zero-order chi connectivity index (χ0) is 21.5. The Morgan fingerprint density at radius 3 is 2.70 bits per heavy atom. The molecule has 2 heterocycles. The molecule has 0 aliphatic carbocycles. The van der Waals surface area contributed by atoms with Crippen LogP contribution in [0, 0.1) is 13.8 Å². The lowest BCUT2D eigenvalue weighted by molar-refractivity contribution is -0.118. The molecule has 3 rings (SSSR count). The summed E-state index contributed by atoms with van der Waals surface area (Å²) in [5.74, 6) is 0.884. The van der Waals surface area contributed by atoms with Crippen molar-refractivity contribution in [3.05, 3.63) is 52.7 Å². The van der Waals surface area contributed by atoms with E-state index in [4.69, 9.17) is 4.52 Å². The molecule has 2 amide bonds. The molecule has 3 aromatic rings. The minimum absolute atomic E-state index is 0.106. The molecule has 0 bridgehead atoms. The number of amides is 2. The minimum Gasteiger partial charge on any atom is -0.360 e. The van der Waals surface area contributed by atoms with E-state index in [1.54, 1.807) is 31.3 Å². The Balaban J connectivity index is 1.36. The quantitative estimate of drug-likeness (QED) is 0.521. The first-order chi connectivity index (χ1) is 14.4. The molecule has 0 spiro atoms. The molecule has 2 N–H and O–H groups in total. The zero-order valence-electron chi connectivity index (χ0n) is 17.1. The van der Waals surface area contributed by atoms with Gasteiger partial charge in [0.1, 0.15) is 10.8 Å². The van der Waals surface area contributed by atoms with Crippen LogP contribution in [-0.2, 0) is 16.0 Å². The van der Waals surface area contributed by atoms with Gasteiger partial charge in [-0.05, 0) is 20.8 Å². The van der Waals surface area contributed by atoms with Gasteiger partial charge in [0.05, 0.1) is 16.7 Å². The first-order valence-electron chi connectivity index (χ1n) is 9.54. The molecule has 0 fully saturated rings. The molecule has 0 aliphatic heterocycles. The highest BCUT2D eigenvalue weighted by molar-refractivity contribution is 8.01. The van der Waals surface area contributed by atoms with E-state index in [-0.39, 0.29) is 22.8 Å². The third-order valence-electron chi connectivity index (χ3n) is 4.27. The Hall–Kier alpha value is -2.65. The summed E-state index contributed by atoms with van der Waals surface area (Å²) in [5, 5.41) is 11.9. The van der Waals surface area contributed by atoms with Crippen LogP contribution >= 0.6 is 23.1 Å². The van der Waals surface area contributed by atoms with E-state index < -0.39 is 0 Å². The number of aryl methyl sites for hydroxylation is 2. The van der Waals surface area contributed by atoms with Gasteiger partial charge in [-0.1, -0.05) is 35.0 Å². The molecule has 0 radical (unpaired) electrons. The van der Waals surface area contributed by atoms with Crippen LogP contribution in [0.15, 0.2) is 40.2 Å². The van der Waals surface area contributed by atoms with Crippen molar-refractivity contribution in [2.45, 2.75) is 32.4 Å². The normalized spacial score (nSPS) is 11.8. The molecule has 0 saturated carbocycles. The molecule has 0 aliphatic rings. The number of rotatable bonds is 9. The summed E-state index contributed by atoms with van der Waals surface area (Å²) in [6.45, 7) is 6.07. The van der Waals surface area contributed by atoms with E-state index in [1.165, 1.54) is 17.3 Å². The smallest absolute Gasteiger partial charge is 0.238 e. The molecule has 7 nitrogen and oxygen atoms in total. The monoisotopic (exact) mass is 444 g/mol. The topological polar surface area (TPSA) is 97.1 Å². The van der Waals surface area contributed by atoms with E-state index in [1.807, 2.05) is 5.38 Å². The number of benzene rings is 1. The van der Waals surface area contributed by atoms with E-state index >= 15 is 0 Å². The van der Waals surface area contributed by atoms with Gasteiger partial charge < -0.3 is 15.2 Å². The predicted octanol–water partition coefficient (Wildman–Crippen LogP) is 3.83. The van der Waals surface area contributed by atoms with Gasteiger partial charge >= 0.3 is 0 Å². The maximum Gasteiger partial charge on any atom is 0.238 e. The number of carbonyl (C=O) groups is 2. The molecule has 1 atom stereocenters. The Bertz CT molecular complexity index is 998. The molecule has 158 valence electrons. The fraction of sp³-hybridized carbons (Fsp3) is 0.333. The molecule has 1 unspecified atom stereocenters. The Labute approximate surface area is 183 Å². The Morgan fingerprint density at radius 1 is 1.23 bits per heavy atom. The third-order valence-corrected chi connectivity index (χ3v) is 6.35. The van der Waals surface area contributed by atoms with Gasteiger partial charge in [0.2, 0.25) is 11.8 Å². The largest absolute Gasteiger partial charge is 0.360 e. The number of carbonyl (C=O) groups excluding carboxylic acids is 2. The van der Waals surface area contributed by atoms with Crippen LogP contribution in [0.25, 0.3) is 10.6 Å². The van der Waals surface area contributed by atoms with Gasteiger partial charge in [0, 0.05) is 30.0 Å². The van der Waals surface area contributed by atoms with E-state index in [0.717, 1.165) is 16.3 Å². The number of anilines is 1. The van der Waals surface area contributed by atoms with Crippen LogP contribution in [0.3, 0.4) is 0 Å². The highest BCUT2D eigenvalue weighted by Gasteiger charge is 2.16. The predicted molar refractivity (Wildman–Crippen MR) is 121 cm³/mol. The lowest BCUT2D eigenvalue weighted by Gasteiger charge is -2.10. The summed E-state index contributed by atoms with van der Waals surface area (Å²) >= 11 is 2.87. The lowest BCUT2D eigenvalue weighted by Crippen LogP contribution is -2.30. The van der Waals surface area contributed by atoms with E-state index in [9.17, 15) is 9.59 Å². The summed E-state index contributed by atoms with van der Waals surface area (Å²) in [4.78, 5) is 28.8. The van der Waals surface area contributed by atoms with Gasteiger partial charge in [-0.25, -0.2) is 4.98 Å². The number of hydrogen-bond acceptors (Lipinski definition) is 7. The fourth-order valence-electron chi connectivity index (χ4n) is 2.56.